The van der Waals surface area contributed by atoms with Crippen LogP contribution in [0.15, 0.2) is 48.5 Å². The van der Waals surface area contributed by atoms with Crippen molar-refractivity contribution in [3.63, 3.8) is 0 Å². The van der Waals surface area contributed by atoms with Gasteiger partial charge in [0.2, 0.25) is 0 Å². The van der Waals surface area contributed by atoms with Gasteiger partial charge in [0.1, 0.15) is 18.0 Å². The molecular formula is C23H27NO4. The lowest BCUT2D eigenvalue weighted by Crippen LogP contribution is -2.36. The van der Waals surface area contributed by atoms with E-state index in [1.807, 2.05) is 45.0 Å². The fraction of sp³-hybridized carbons (Fsp3) is 0.435. The zero-order valence-corrected chi connectivity index (χ0v) is 16.7. The van der Waals surface area contributed by atoms with Gasteiger partial charge in [-0.15, -0.1) is 0 Å². The Balaban J connectivity index is 1.44. The highest BCUT2D eigenvalue weighted by molar-refractivity contribution is 5.69. The van der Waals surface area contributed by atoms with Gasteiger partial charge in [0.25, 0.3) is 0 Å². The Morgan fingerprint density at radius 3 is 2.68 bits per heavy atom. The third-order valence-electron chi connectivity index (χ3n) is 5.13. The fourth-order valence-corrected chi connectivity index (χ4v) is 3.81. The average molecular weight is 381 g/mol. The van der Waals surface area contributed by atoms with Gasteiger partial charge in [-0.2, -0.15) is 0 Å². The van der Waals surface area contributed by atoms with Crippen molar-refractivity contribution >= 4 is 6.09 Å². The third kappa shape index (κ3) is 4.14. The summed E-state index contributed by atoms with van der Waals surface area (Å²) in [6.45, 7) is 7.94. The first-order valence-corrected chi connectivity index (χ1v) is 9.78. The first-order chi connectivity index (χ1) is 13.4. The fourth-order valence-electron chi connectivity index (χ4n) is 3.81. The number of rotatable bonds is 3. The van der Waals surface area contributed by atoms with Gasteiger partial charge in [0, 0.05) is 12.5 Å². The SMILES string of the molecule is CC(C)(C)OC(=O)N1C[C@@H]2OCc3cc(OCc4ccccc4)ccc3[C@@H]2C1. The lowest BCUT2D eigenvalue weighted by Gasteiger charge is -2.27. The molecule has 0 radical (unpaired) electrons. The van der Waals surface area contributed by atoms with Gasteiger partial charge in [-0.05, 0) is 49.6 Å². The molecule has 0 bridgehead atoms. The number of nitrogens with zero attached hydrogens (tertiary/aromatic N) is 1. The normalized spacial score (nSPS) is 21.0. The summed E-state index contributed by atoms with van der Waals surface area (Å²) in [7, 11) is 0. The van der Waals surface area contributed by atoms with E-state index in [2.05, 4.69) is 24.3 Å². The number of hydrogen-bond donors (Lipinski definition) is 0. The maximum atomic E-state index is 12.4. The van der Waals surface area contributed by atoms with Crippen molar-refractivity contribution in [3.8, 4) is 5.75 Å². The van der Waals surface area contributed by atoms with Crippen molar-refractivity contribution in [1.29, 1.82) is 0 Å². The summed E-state index contributed by atoms with van der Waals surface area (Å²) < 4.78 is 17.5. The highest BCUT2D eigenvalue weighted by Crippen LogP contribution is 2.38. The molecule has 5 nitrogen and oxygen atoms in total. The number of benzene rings is 2. The van der Waals surface area contributed by atoms with Crippen LogP contribution in [0.2, 0.25) is 0 Å². The molecule has 0 spiro atoms. The molecule has 5 heteroatoms. The molecule has 0 saturated carbocycles. The van der Waals surface area contributed by atoms with Crippen LogP contribution in [0.3, 0.4) is 0 Å². The minimum absolute atomic E-state index is 0.0242. The Hall–Kier alpha value is -2.53. The van der Waals surface area contributed by atoms with Gasteiger partial charge in [0.05, 0.1) is 19.3 Å². The second-order valence-electron chi connectivity index (χ2n) is 8.48. The summed E-state index contributed by atoms with van der Waals surface area (Å²) in [5.74, 6) is 1.02. The van der Waals surface area contributed by atoms with E-state index in [0.29, 0.717) is 26.3 Å². The van der Waals surface area contributed by atoms with E-state index in [4.69, 9.17) is 14.2 Å². The van der Waals surface area contributed by atoms with Crippen LogP contribution in [-0.2, 0) is 22.7 Å². The second kappa shape index (κ2) is 7.47. The van der Waals surface area contributed by atoms with Gasteiger partial charge >= 0.3 is 6.09 Å². The van der Waals surface area contributed by atoms with Gasteiger partial charge in [-0.25, -0.2) is 4.79 Å². The monoisotopic (exact) mass is 381 g/mol. The Kier molecular flexibility index (Phi) is 5.02. The van der Waals surface area contributed by atoms with E-state index >= 15 is 0 Å². The number of carbonyl (C=O) groups excluding carboxylic acids is 1. The second-order valence-corrected chi connectivity index (χ2v) is 8.48. The largest absolute Gasteiger partial charge is 0.489 e. The van der Waals surface area contributed by atoms with E-state index in [9.17, 15) is 4.79 Å². The molecule has 4 rings (SSSR count). The van der Waals surface area contributed by atoms with Crippen molar-refractivity contribution in [2.75, 3.05) is 13.1 Å². The van der Waals surface area contributed by atoms with Crippen molar-refractivity contribution < 1.29 is 19.0 Å². The molecule has 1 saturated heterocycles. The van der Waals surface area contributed by atoms with Crippen molar-refractivity contribution in [2.24, 2.45) is 0 Å². The predicted octanol–water partition coefficient (Wildman–Crippen LogP) is 4.50. The summed E-state index contributed by atoms with van der Waals surface area (Å²) in [6, 6.07) is 16.3. The molecule has 2 aromatic carbocycles. The number of likely N-dealkylation sites (tertiary alicyclic amines) is 1. The summed E-state index contributed by atoms with van der Waals surface area (Å²) >= 11 is 0. The number of carbonyl (C=O) groups is 1. The topological polar surface area (TPSA) is 48.0 Å². The Morgan fingerprint density at radius 1 is 1.14 bits per heavy atom. The molecule has 2 atom stereocenters. The van der Waals surface area contributed by atoms with E-state index in [1.165, 1.54) is 5.56 Å². The molecule has 1 fully saturated rings. The summed E-state index contributed by atoms with van der Waals surface area (Å²) in [6.07, 6.45) is -0.244. The van der Waals surface area contributed by atoms with E-state index in [0.717, 1.165) is 16.9 Å². The molecule has 0 aliphatic carbocycles. The van der Waals surface area contributed by atoms with E-state index in [-0.39, 0.29) is 18.1 Å². The van der Waals surface area contributed by atoms with Crippen LogP contribution in [0.5, 0.6) is 5.75 Å². The van der Waals surface area contributed by atoms with E-state index < -0.39 is 5.60 Å². The summed E-state index contributed by atoms with van der Waals surface area (Å²) in [5, 5.41) is 0. The maximum absolute atomic E-state index is 12.4. The minimum atomic E-state index is -0.491. The van der Waals surface area contributed by atoms with Crippen molar-refractivity contribution in [2.45, 2.75) is 51.6 Å². The molecule has 0 aromatic heterocycles. The van der Waals surface area contributed by atoms with Crippen LogP contribution in [0.1, 0.15) is 43.4 Å². The van der Waals surface area contributed by atoms with Crippen LogP contribution in [0.4, 0.5) is 4.79 Å². The van der Waals surface area contributed by atoms with Crippen molar-refractivity contribution in [1.82, 2.24) is 4.90 Å². The van der Waals surface area contributed by atoms with Crippen LogP contribution >= 0.6 is 0 Å². The summed E-state index contributed by atoms with van der Waals surface area (Å²) in [4.78, 5) is 14.2. The van der Waals surface area contributed by atoms with Crippen molar-refractivity contribution in [3.05, 3.63) is 65.2 Å². The molecule has 1 amide bonds. The molecule has 148 valence electrons. The lowest BCUT2D eigenvalue weighted by atomic mass is 9.89. The molecule has 0 unspecified atom stereocenters. The molecule has 28 heavy (non-hydrogen) atoms. The Morgan fingerprint density at radius 2 is 1.93 bits per heavy atom. The molecule has 2 aliphatic rings. The van der Waals surface area contributed by atoms with Crippen LogP contribution in [0, 0.1) is 0 Å². The number of fused-ring (bicyclic) bond motifs is 3. The van der Waals surface area contributed by atoms with Gasteiger partial charge in [-0.1, -0.05) is 36.4 Å². The summed E-state index contributed by atoms with van der Waals surface area (Å²) in [5.41, 5.74) is 3.03. The average Bonchev–Trinajstić information content (AvgIpc) is 3.10. The smallest absolute Gasteiger partial charge is 0.410 e. The maximum Gasteiger partial charge on any atom is 0.410 e. The molecule has 0 N–H and O–H groups in total. The minimum Gasteiger partial charge on any atom is -0.489 e. The zero-order chi connectivity index (χ0) is 19.7. The van der Waals surface area contributed by atoms with Crippen LogP contribution in [0.25, 0.3) is 0 Å². The Bertz CT molecular complexity index is 843. The molecular weight excluding hydrogens is 354 g/mol. The first-order valence-electron chi connectivity index (χ1n) is 9.78. The molecule has 2 heterocycles. The van der Waals surface area contributed by atoms with Gasteiger partial charge in [-0.3, -0.25) is 0 Å². The number of hydrogen-bond acceptors (Lipinski definition) is 4. The highest BCUT2D eigenvalue weighted by atomic mass is 16.6. The number of ether oxygens (including phenoxy) is 3. The first kappa shape index (κ1) is 18.8. The van der Waals surface area contributed by atoms with E-state index in [1.54, 1.807) is 4.90 Å². The van der Waals surface area contributed by atoms with Crippen LogP contribution < -0.4 is 4.74 Å². The highest BCUT2D eigenvalue weighted by Gasteiger charge is 2.41. The zero-order valence-electron chi connectivity index (χ0n) is 16.7. The van der Waals surface area contributed by atoms with Crippen LogP contribution in [-0.4, -0.2) is 35.8 Å². The van der Waals surface area contributed by atoms with Gasteiger partial charge < -0.3 is 19.1 Å². The third-order valence-corrected chi connectivity index (χ3v) is 5.13. The molecule has 2 aliphatic heterocycles. The van der Waals surface area contributed by atoms with Gasteiger partial charge in [0.15, 0.2) is 0 Å². The number of amides is 1. The Labute approximate surface area is 166 Å². The molecule has 2 aromatic rings. The lowest BCUT2D eigenvalue weighted by molar-refractivity contribution is 0.0126. The predicted molar refractivity (Wildman–Crippen MR) is 106 cm³/mol. The quantitative estimate of drug-likeness (QED) is 0.785. The standard InChI is InChI=1S/C23H27NO4/c1-23(2,3)28-22(25)24-12-20-19-10-9-18(11-17(19)15-27-21(20)13-24)26-14-16-7-5-4-6-8-16/h4-11,20-21H,12-15H2,1-3H3/t20-,21-/m0/s1.